The Morgan fingerprint density at radius 2 is 2.20 bits per heavy atom. The molecule has 0 heterocycles. The summed E-state index contributed by atoms with van der Waals surface area (Å²) in [7, 11) is 0. The normalized spacial score (nSPS) is 17.6. The molecule has 0 saturated heterocycles. The Hall–Kier alpha value is -1.32. The largest absolute Gasteiger partial charge is 0.402 e. The van der Waals surface area contributed by atoms with Gasteiger partial charge in [-0.3, -0.25) is 10.1 Å². The van der Waals surface area contributed by atoms with Gasteiger partial charge in [0.05, 0.1) is 4.92 Å². The van der Waals surface area contributed by atoms with Crippen LogP contribution in [0.15, 0.2) is 23.5 Å². The molecule has 1 aliphatic carbocycles. The monoisotopic (exact) mass is 140 g/mol. The number of allylic oxidation sites excluding steroid dienone is 4. The lowest BCUT2D eigenvalue weighted by molar-refractivity contribution is -0.428. The summed E-state index contributed by atoms with van der Waals surface area (Å²) in [6.45, 7) is 0. The zero-order valence-corrected chi connectivity index (χ0v) is 5.41. The van der Waals surface area contributed by atoms with Crippen LogP contribution in [0.1, 0.15) is 12.8 Å². The van der Waals surface area contributed by atoms with Gasteiger partial charge in [0.1, 0.15) is 0 Å². The molecule has 0 bridgehead atoms. The predicted octanol–water partition coefficient (Wildman–Crippen LogP) is 0.783. The third-order valence-electron chi connectivity index (χ3n) is 1.39. The lowest BCUT2D eigenvalue weighted by atomic mass is 10.1. The molecular formula is C6H8N2O2. The van der Waals surface area contributed by atoms with Crippen molar-refractivity contribution in [3.63, 3.8) is 0 Å². The second-order valence-corrected chi connectivity index (χ2v) is 2.16. The predicted molar refractivity (Wildman–Crippen MR) is 36.6 cm³/mol. The smallest absolute Gasteiger partial charge is 0.246 e. The summed E-state index contributed by atoms with van der Waals surface area (Å²) in [6.07, 6.45) is 4.10. The van der Waals surface area contributed by atoms with E-state index in [-0.39, 0.29) is 10.6 Å². The molecule has 54 valence electrons. The number of hydrogen-bond acceptors (Lipinski definition) is 3. The quantitative estimate of drug-likeness (QED) is 0.432. The van der Waals surface area contributed by atoms with Gasteiger partial charge in [-0.1, -0.05) is 0 Å². The molecule has 0 aliphatic heterocycles. The lowest BCUT2D eigenvalue weighted by Crippen LogP contribution is -2.06. The van der Waals surface area contributed by atoms with Crippen molar-refractivity contribution >= 4 is 0 Å². The molecule has 0 saturated carbocycles. The van der Waals surface area contributed by atoms with Gasteiger partial charge in [-0.15, -0.1) is 0 Å². The third kappa shape index (κ3) is 1.34. The van der Waals surface area contributed by atoms with Gasteiger partial charge >= 0.3 is 0 Å². The second-order valence-electron chi connectivity index (χ2n) is 2.16. The molecule has 0 unspecified atom stereocenters. The maximum absolute atomic E-state index is 10.1. The van der Waals surface area contributed by atoms with Gasteiger partial charge < -0.3 is 5.73 Å². The number of hydrogen-bond donors (Lipinski definition) is 1. The van der Waals surface area contributed by atoms with Gasteiger partial charge in [0, 0.05) is 18.2 Å². The fourth-order valence-corrected chi connectivity index (χ4v) is 0.794. The molecule has 1 aliphatic rings. The van der Waals surface area contributed by atoms with E-state index in [2.05, 4.69) is 0 Å². The van der Waals surface area contributed by atoms with Gasteiger partial charge in [0.2, 0.25) is 5.70 Å². The van der Waals surface area contributed by atoms with Crippen LogP contribution in [0.5, 0.6) is 0 Å². The third-order valence-corrected chi connectivity index (χ3v) is 1.39. The standard InChI is InChI=1S/C6H8N2O2/c7-5-1-3-6(4-2-5)8(9)10/h1,3H,2,4,7H2. The summed E-state index contributed by atoms with van der Waals surface area (Å²) in [6, 6.07) is 0. The molecule has 0 aromatic carbocycles. The first kappa shape index (κ1) is 6.80. The van der Waals surface area contributed by atoms with E-state index in [1.165, 1.54) is 6.08 Å². The molecule has 1 rings (SSSR count). The van der Waals surface area contributed by atoms with E-state index in [1.54, 1.807) is 6.08 Å². The van der Waals surface area contributed by atoms with Crippen LogP contribution in [0.3, 0.4) is 0 Å². The van der Waals surface area contributed by atoms with E-state index in [4.69, 9.17) is 5.73 Å². The van der Waals surface area contributed by atoms with Crippen molar-refractivity contribution in [2.24, 2.45) is 5.73 Å². The van der Waals surface area contributed by atoms with Gasteiger partial charge in [-0.05, 0) is 12.5 Å². The molecule has 0 fully saturated rings. The summed E-state index contributed by atoms with van der Waals surface area (Å²) in [4.78, 5) is 9.76. The van der Waals surface area contributed by atoms with Gasteiger partial charge in [-0.2, -0.15) is 0 Å². The Morgan fingerprint density at radius 3 is 2.60 bits per heavy atom. The fourth-order valence-electron chi connectivity index (χ4n) is 0.794. The summed E-state index contributed by atoms with van der Waals surface area (Å²) in [5, 5.41) is 10.1. The summed E-state index contributed by atoms with van der Waals surface area (Å²) in [5.74, 6) is 0. The number of nitrogens with zero attached hydrogens (tertiary/aromatic N) is 1. The lowest BCUT2D eigenvalue weighted by Gasteiger charge is -2.03. The molecule has 10 heavy (non-hydrogen) atoms. The Bertz CT molecular complexity index is 218. The van der Waals surface area contributed by atoms with Crippen LogP contribution in [0.25, 0.3) is 0 Å². The van der Waals surface area contributed by atoms with E-state index >= 15 is 0 Å². The minimum absolute atomic E-state index is 0.245. The Labute approximate surface area is 58.2 Å². The van der Waals surface area contributed by atoms with Crippen molar-refractivity contribution in [2.75, 3.05) is 0 Å². The van der Waals surface area contributed by atoms with Gasteiger partial charge in [0.15, 0.2) is 0 Å². The minimum Gasteiger partial charge on any atom is -0.402 e. The molecule has 0 aromatic rings. The van der Waals surface area contributed by atoms with Crippen LogP contribution in [0.4, 0.5) is 0 Å². The molecule has 0 spiro atoms. The SMILES string of the molecule is NC1=CC=C([N+](=O)[O-])CC1. The zero-order chi connectivity index (χ0) is 7.56. The topological polar surface area (TPSA) is 69.2 Å². The highest BCUT2D eigenvalue weighted by atomic mass is 16.6. The first-order valence-corrected chi connectivity index (χ1v) is 3.00. The highest BCUT2D eigenvalue weighted by Gasteiger charge is 2.12. The molecule has 4 heteroatoms. The van der Waals surface area contributed by atoms with Crippen molar-refractivity contribution in [1.29, 1.82) is 0 Å². The van der Waals surface area contributed by atoms with Crippen molar-refractivity contribution in [3.8, 4) is 0 Å². The Balaban J connectivity index is 2.74. The second kappa shape index (κ2) is 2.51. The van der Waals surface area contributed by atoms with Crippen molar-refractivity contribution in [2.45, 2.75) is 12.8 Å². The van der Waals surface area contributed by atoms with Crippen LogP contribution in [-0.2, 0) is 0 Å². The maximum Gasteiger partial charge on any atom is 0.246 e. The molecule has 0 aromatic heterocycles. The summed E-state index contributed by atoms with van der Waals surface area (Å²) < 4.78 is 0. The first-order valence-electron chi connectivity index (χ1n) is 3.00. The average molecular weight is 140 g/mol. The number of nitro groups is 1. The molecule has 4 nitrogen and oxygen atoms in total. The van der Waals surface area contributed by atoms with E-state index < -0.39 is 0 Å². The van der Waals surface area contributed by atoms with Crippen LogP contribution in [0, 0.1) is 10.1 Å². The number of nitrogens with two attached hydrogens (primary N) is 1. The van der Waals surface area contributed by atoms with Crippen molar-refractivity contribution in [1.82, 2.24) is 0 Å². The Morgan fingerprint density at radius 1 is 1.50 bits per heavy atom. The fraction of sp³-hybridized carbons (Fsp3) is 0.333. The molecule has 2 N–H and O–H groups in total. The minimum atomic E-state index is -0.372. The van der Waals surface area contributed by atoms with Crippen LogP contribution in [-0.4, -0.2) is 4.92 Å². The van der Waals surface area contributed by atoms with Crippen LogP contribution >= 0.6 is 0 Å². The highest BCUT2D eigenvalue weighted by molar-refractivity contribution is 5.17. The first-order chi connectivity index (χ1) is 4.70. The van der Waals surface area contributed by atoms with E-state index in [0.29, 0.717) is 18.5 Å². The molecule has 0 atom stereocenters. The van der Waals surface area contributed by atoms with E-state index in [1.807, 2.05) is 0 Å². The van der Waals surface area contributed by atoms with E-state index in [0.717, 1.165) is 0 Å². The zero-order valence-electron chi connectivity index (χ0n) is 5.41. The van der Waals surface area contributed by atoms with E-state index in [9.17, 15) is 10.1 Å². The van der Waals surface area contributed by atoms with Gasteiger partial charge in [0.25, 0.3) is 0 Å². The van der Waals surface area contributed by atoms with Crippen LogP contribution in [0.2, 0.25) is 0 Å². The average Bonchev–Trinajstić information content (AvgIpc) is 1.88. The van der Waals surface area contributed by atoms with Crippen molar-refractivity contribution < 1.29 is 4.92 Å². The molecule has 0 radical (unpaired) electrons. The van der Waals surface area contributed by atoms with Crippen LogP contribution < -0.4 is 5.73 Å². The number of rotatable bonds is 1. The van der Waals surface area contributed by atoms with Gasteiger partial charge in [-0.25, -0.2) is 0 Å². The highest BCUT2D eigenvalue weighted by Crippen LogP contribution is 2.14. The van der Waals surface area contributed by atoms with Crippen molar-refractivity contribution in [3.05, 3.63) is 33.7 Å². The summed E-state index contributed by atoms with van der Waals surface area (Å²) >= 11 is 0. The molecule has 0 amide bonds. The summed E-state index contributed by atoms with van der Waals surface area (Å²) in [5.41, 5.74) is 6.35. The maximum atomic E-state index is 10.1. The Kier molecular flexibility index (Phi) is 1.71. The molecular weight excluding hydrogens is 132 g/mol.